The Morgan fingerprint density at radius 3 is 2.29 bits per heavy atom. The van der Waals surface area contributed by atoms with Crippen LogP contribution in [0.1, 0.15) is 0 Å². The molecule has 1 unspecified atom stereocenters. The first-order valence-corrected chi connectivity index (χ1v) is 2.39. The number of ether oxygens (including phenoxy) is 1. The summed E-state index contributed by atoms with van der Waals surface area (Å²) in [6.07, 6.45) is 0. The Morgan fingerprint density at radius 1 is 1.71 bits per heavy atom. The van der Waals surface area contributed by atoms with Crippen molar-refractivity contribution in [1.82, 2.24) is 0 Å². The Bertz CT molecular complexity index is 60.7. The zero-order valence-corrected chi connectivity index (χ0v) is 4.31. The van der Waals surface area contributed by atoms with Crippen molar-refractivity contribution in [2.75, 3.05) is 20.3 Å². The van der Waals surface area contributed by atoms with Crippen molar-refractivity contribution in [3.05, 3.63) is 5.21 Å². The largest absolute Gasteiger partial charge is 0.634 e. The van der Waals surface area contributed by atoms with Gasteiger partial charge in [-0.2, -0.15) is 0 Å². The molecule has 1 rings (SSSR count). The molecule has 1 aliphatic rings. The van der Waals surface area contributed by atoms with Crippen LogP contribution in [0.4, 0.5) is 0 Å². The van der Waals surface area contributed by atoms with Crippen LogP contribution in [0.15, 0.2) is 0 Å². The summed E-state index contributed by atoms with van der Waals surface area (Å²) < 4.78 is 4.78. The first-order valence-electron chi connectivity index (χ1n) is 2.39. The highest BCUT2D eigenvalue weighted by atomic mass is 16.5. The van der Waals surface area contributed by atoms with Gasteiger partial charge in [0.1, 0.15) is 19.3 Å². The predicted molar refractivity (Wildman–Crippen MR) is 24.9 cm³/mol. The van der Waals surface area contributed by atoms with Crippen molar-refractivity contribution in [3.63, 3.8) is 0 Å². The molecule has 0 bridgehead atoms. The lowest BCUT2D eigenvalue weighted by molar-refractivity contribution is -0.866. The highest BCUT2D eigenvalue weighted by Crippen LogP contribution is 1.93. The van der Waals surface area contributed by atoms with Crippen LogP contribution in [0.25, 0.3) is 0 Å². The van der Waals surface area contributed by atoms with Crippen LogP contribution in [-0.4, -0.2) is 26.3 Å². The number of nitrogens with one attached hydrogen (secondary N) is 1. The lowest BCUT2D eigenvalue weighted by Crippen LogP contribution is -3.11. The second kappa shape index (κ2) is 1.78. The Morgan fingerprint density at radius 2 is 2.29 bits per heavy atom. The Balaban J connectivity index is 2.14. The van der Waals surface area contributed by atoms with Crippen molar-refractivity contribution < 1.29 is 9.80 Å². The molecule has 7 heavy (non-hydrogen) atoms. The van der Waals surface area contributed by atoms with Gasteiger partial charge in [0.2, 0.25) is 0 Å². The Hall–Kier alpha value is -0.120. The van der Waals surface area contributed by atoms with Crippen molar-refractivity contribution >= 4 is 0 Å². The fourth-order valence-corrected chi connectivity index (χ4v) is 0.470. The molecule has 1 saturated heterocycles. The van der Waals surface area contributed by atoms with E-state index >= 15 is 0 Å². The minimum Gasteiger partial charge on any atom is -0.634 e. The van der Waals surface area contributed by atoms with E-state index in [9.17, 15) is 5.21 Å². The van der Waals surface area contributed by atoms with Crippen molar-refractivity contribution in [3.8, 4) is 0 Å². The maximum Gasteiger partial charge on any atom is 0.134 e. The van der Waals surface area contributed by atoms with Crippen molar-refractivity contribution in [1.29, 1.82) is 0 Å². The summed E-state index contributed by atoms with van der Waals surface area (Å²) in [7, 11) is 1.60. The molecule has 1 fully saturated rings. The van der Waals surface area contributed by atoms with E-state index in [-0.39, 0.29) is 11.1 Å². The molecule has 0 amide bonds. The SMILES string of the molecule is C[NH+]([O-])C1COC1. The second-order valence-electron chi connectivity index (χ2n) is 1.85. The molecule has 0 saturated carbocycles. The molecule has 0 aromatic heterocycles. The smallest absolute Gasteiger partial charge is 0.134 e. The highest BCUT2D eigenvalue weighted by Gasteiger charge is 2.21. The molecule has 0 aromatic rings. The van der Waals surface area contributed by atoms with Crippen molar-refractivity contribution in [2.45, 2.75) is 6.04 Å². The summed E-state index contributed by atoms with van der Waals surface area (Å²) in [4.78, 5) is 0. The summed E-state index contributed by atoms with van der Waals surface area (Å²) >= 11 is 0. The molecule has 1 N–H and O–H groups in total. The average Bonchev–Trinajstić information content (AvgIpc) is 1.23. The molecule has 0 radical (unpaired) electrons. The maximum atomic E-state index is 10.3. The van der Waals surface area contributed by atoms with Gasteiger partial charge in [-0.15, -0.1) is 0 Å². The molecule has 0 aliphatic carbocycles. The van der Waals surface area contributed by atoms with E-state index in [0.717, 1.165) is 0 Å². The number of hydrogen-bond donors (Lipinski definition) is 1. The number of hydroxylamine groups is 2. The summed E-state index contributed by atoms with van der Waals surface area (Å²) in [6, 6.07) is 0.222. The van der Waals surface area contributed by atoms with Crippen LogP contribution in [0, 0.1) is 5.21 Å². The normalized spacial score (nSPS) is 26.6. The average molecular weight is 103 g/mol. The van der Waals surface area contributed by atoms with E-state index in [0.29, 0.717) is 13.2 Å². The van der Waals surface area contributed by atoms with E-state index in [4.69, 9.17) is 4.74 Å². The van der Waals surface area contributed by atoms with Gasteiger partial charge in [0.25, 0.3) is 0 Å². The second-order valence-corrected chi connectivity index (χ2v) is 1.85. The quantitative estimate of drug-likeness (QED) is 0.406. The third-order valence-electron chi connectivity index (χ3n) is 1.21. The topological polar surface area (TPSA) is 36.7 Å². The van der Waals surface area contributed by atoms with Crippen LogP contribution in [0.2, 0.25) is 0 Å². The van der Waals surface area contributed by atoms with Crippen LogP contribution < -0.4 is 5.06 Å². The van der Waals surface area contributed by atoms with Gasteiger partial charge in [0.15, 0.2) is 0 Å². The molecule has 0 aromatic carbocycles. The zero-order chi connectivity index (χ0) is 5.28. The fourth-order valence-electron chi connectivity index (χ4n) is 0.470. The summed E-state index contributed by atoms with van der Waals surface area (Å²) in [5.74, 6) is 0. The predicted octanol–water partition coefficient (Wildman–Crippen LogP) is -1.60. The Labute approximate surface area is 42.4 Å². The lowest BCUT2D eigenvalue weighted by atomic mass is 10.3. The first-order chi connectivity index (χ1) is 3.30. The fraction of sp³-hybridized carbons (Fsp3) is 1.00. The molecule has 3 heteroatoms. The van der Waals surface area contributed by atoms with E-state index in [1.54, 1.807) is 7.05 Å². The maximum absolute atomic E-state index is 10.3. The van der Waals surface area contributed by atoms with Crippen LogP contribution in [-0.2, 0) is 4.74 Å². The number of hydrogen-bond acceptors (Lipinski definition) is 2. The molecular formula is C4H9NO2. The molecule has 1 heterocycles. The summed E-state index contributed by atoms with van der Waals surface area (Å²) in [6.45, 7) is 1.30. The Kier molecular flexibility index (Phi) is 1.27. The van der Waals surface area contributed by atoms with E-state index in [1.165, 1.54) is 0 Å². The van der Waals surface area contributed by atoms with Gasteiger partial charge in [-0.05, 0) is 0 Å². The van der Waals surface area contributed by atoms with Gasteiger partial charge in [0, 0.05) is 0 Å². The molecule has 1 aliphatic heterocycles. The molecule has 3 nitrogen and oxygen atoms in total. The van der Waals surface area contributed by atoms with Crippen LogP contribution in [0.3, 0.4) is 0 Å². The standard InChI is InChI=1S/C4H9NO2/c1-5(6)4-2-7-3-4/h4-5H,2-3H2,1H3. The van der Waals surface area contributed by atoms with Gasteiger partial charge in [-0.3, -0.25) is 0 Å². The minimum absolute atomic E-state index is 0.222. The molecule has 1 atom stereocenters. The number of quaternary nitrogens is 1. The molecule has 0 spiro atoms. The first kappa shape index (κ1) is 5.03. The number of rotatable bonds is 1. The van der Waals surface area contributed by atoms with Gasteiger partial charge in [0.05, 0.1) is 7.05 Å². The highest BCUT2D eigenvalue weighted by molar-refractivity contribution is 4.60. The third-order valence-corrected chi connectivity index (χ3v) is 1.21. The molecule has 42 valence electrons. The van der Waals surface area contributed by atoms with Gasteiger partial charge >= 0.3 is 0 Å². The number of likely N-dealkylation sites (N-methyl/N-ethyl adjacent to an activating group) is 1. The van der Waals surface area contributed by atoms with Crippen LogP contribution >= 0.6 is 0 Å². The summed E-state index contributed by atoms with van der Waals surface area (Å²) in [5, 5.41) is 10.6. The van der Waals surface area contributed by atoms with Crippen molar-refractivity contribution in [2.24, 2.45) is 0 Å². The zero-order valence-electron chi connectivity index (χ0n) is 4.31. The van der Waals surface area contributed by atoms with Gasteiger partial charge in [-0.1, -0.05) is 0 Å². The molecular weight excluding hydrogens is 94.0 g/mol. The summed E-state index contributed by atoms with van der Waals surface area (Å²) in [5.41, 5.74) is 0. The lowest BCUT2D eigenvalue weighted by Gasteiger charge is -2.33. The van der Waals surface area contributed by atoms with Gasteiger partial charge in [-0.25, -0.2) is 0 Å². The minimum atomic E-state index is 0.222. The van der Waals surface area contributed by atoms with Gasteiger partial charge < -0.3 is 15.0 Å². The van der Waals surface area contributed by atoms with E-state index in [2.05, 4.69) is 0 Å². The van der Waals surface area contributed by atoms with E-state index < -0.39 is 0 Å². The van der Waals surface area contributed by atoms with E-state index in [1.807, 2.05) is 0 Å². The third kappa shape index (κ3) is 0.907. The monoisotopic (exact) mass is 103 g/mol. The van der Waals surface area contributed by atoms with Crippen LogP contribution in [0.5, 0.6) is 0 Å².